The number of nitrogens with two attached hydrogens (primary N) is 1. The van der Waals surface area contributed by atoms with E-state index in [0.717, 1.165) is 18.8 Å². The van der Waals surface area contributed by atoms with Crippen molar-refractivity contribution < 1.29 is 8.42 Å². The van der Waals surface area contributed by atoms with Gasteiger partial charge in [-0.2, -0.15) is 0 Å². The van der Waals surface area contributed by atoms with Gasteiger partial charge in [-0.05, 0) is 6.42 Å². The van der Waals surface area contributed by atoms with Gasteiger partial charge >= 0.3 is 0 Å². The molecule has 1 rings (SSSR count). The van der Waals surface area contributed by atoms with Gasteiger partial charge in [-0.3, -0.25) is 0 Å². The highest BCUT2D eigenvalue weighted by Crippen LogP contribution is 2.18. The number of imidazole rings is 1. The van der Waals surface area contributed by atoms with Crippen molar-refractivity contribution in [2.45, 2.75) is 76.8 Å². The molecule has 0 aromatic carbocycles. The maximum Gasteiger partial charge on any atom is 0.257 e. The molecule has 0 aliphatic heterocycles. The number of sulfonamides is 1. The van der Waals surface area contributed by atoms with Crippen LogP contribution in [-0.4, -0.2) is 18.0 Å². The Morgan fingerprint density at radius 3 is 2.35 bits per heavy atom. The molecule has 0 spiro atoms. The third kappa shape index (κ3) is 5.25. The van der Waals surface area contributed by atoms with Gasteiger partial charge in [-0.15, -0.1) is 0 Å². The van der Waals surface area contributed by atoms with Gasteiger partial charge < -0.3 is 4.57 Å². The topological polar surface area (TPSA) is 78.0 Å². The van der Waals surface area contributed by atoms with Crippen LogP contribution in [0.25, 0.3) is 0 Å². The summed E-state index contributed by atoms with van der Waals surface area (Å²) < 4.78 is 24.7. The molecule has 0 amide bonds. The molecule has 6 heteroatoms. The van der Waals surface area contributed by atoms with E-state index in [-0.39, 0.29) is 10.9 Å². The molecule has 0 bridgehead atoms. The Balaban J connectivity index is 2.62. The minimum Gasteiger partial charge on any atom is -0.333 e. The van der Waals surface area contributed by atoms with E-state index in [1.807, 2.05) is 18.4 Å². The molecule has 0 fully saturated rings. The first-order valence-corrected chi connectivity index (χ1v) is 9.00. The number of rotatable bonds is 9. The third-order valence-corrected chi connectivity index (χ3v) is 4.13. The first-order valence-electron chi connectivity index (χ1n) is 7.46. The van der Waals surface area contributed by atoms with Gasteiger partial charge in [0.15, 0.2) is 5.03 Å². The molecule has 0 atom stereocenters. The summed E-state index contributed by atoms with van der Waals surface area (Å²) in [7, 11) is -3.71. The second-order valence-corrected chi connectivity index (χ2v) is 7.11. The van der Waals surface area contributed by atoms with Crippen molar-refractivity contribution in [1.82, 2.24) is 9.55 Å². The standard InChI is InChI=1S/C14H27N3O2S/c1-4-5-6-7-8-9-10-17-11-13(20(15,18)19)16-14(17)12(2)3/h11-12H,4-10H2,1-3H3,(H2,15,18,19). The zero-order valence-corrected chi connectivity index (χ0v) is 13.6. The molecule has 0 radical (unpaired) electrons. The van der Waals surface area contributed by atoms with Crippen molar-refractivity contribution in [2.75, 3.05) is 0 Å². The number of unbranched alkanes of at least 4 members (excludes halogenated alkanes) is 5. The normalized spacial score (nSPS) is 12.2. The molecule has 116 valence electrons. The van der Waals surface area contributed by atoms with E-state index in [9.17, 15) is 8.42 Å². The highest BCUT2D eigenvalue weighted by Gasteiger charge is 2.17. The molecule has 5 nitrogen and oxygen atoms in total. The summed E-state index contributed by atoms with van der Waals surface area (Å²) in [5.74, 6) is 0.980. The summed E-state index contributed by atoms with van der Waals surface area (Å²) in [6.45, 7) is 7.03. The van der Waals surface area contributed by atoms with Gasteiger partial charge in [-0.1, -0.05) is 52.9 Å². The van der Waals surface area contributed by atoms with Crippen LogP contribution >= 0.6 is 0 Å². The van der Waals surface area contributed by atoms with Crippen LogP contribution in [0.15, 0.2) is 11.2 Å². The lowest BCUT2D eigenvalue weighted by Gasteiger charge is -2.09. The maximum atomic E-state index is 11.4. The highest BCUT2D eigenvalue weighted by molar-refractivity contribution is 7.89. The van der Waals surface area contributed by atoms with Crippen molar-refractivity contribution in [1.29, 1.82) is 0 Å². The van der Waals surface area contributed by atoms with Crippen LogP contribution in [0, 0.1) is 0 Å². The molecular formula is C14H27N3O2S. The fourth-order valence-electron chi connectivity index (χ4n) is 2.24. The Hall–Kier alpha value is -0.880. The first-order chi connectivity index (χ1) is 9.36. The summed E-state index contributed by atoms with van der Waals surface area (Å²) >= 11 is 0. The third-order valence-electron chi connectivity index (χ3n) is 3.35. The molecule has 0 saturated heterocycles. The lowest BCUT2D eigenvalue weighted by Crippen LogP contribution is -2.12. The van der Waals surface area contributed by atoms with Crippen molar-refractivity contribution in [3.05, 3.63) is 12.0 Å². The number of aryl methyl sites for hydroxylation is 1. The Morgan fingerprint density at radius 2 is 1.80 bits per heavy atom. The average molecular weight is 301 g/mol. The summed E-state index contributed by atoms with van der Waals surface area (Å²) in [6.07, 6.45) is 8.83. The van der Waals surface area contributed by atoms with E-state index in [1.165, 1.54) is 32.1 Å². The summed E-state index contributed by atoms with van der Waals surface area (Å²) in [5.41, 5.74) is 0. The Labute approximate surface area is 122 Å². The largest absolute Gasteiger partial charge is 0.333 e. The van der Waals surface area contributed by atoms with Gasteiger partial charge in [0.1, 0.15) is 5.82 Å². The van der Waals surface area contributed by atoms with Crippen LogP contribution in [0.4, 0.5) is 0 Å². The smallest absolute Gasteiger partial charge is 0.257 e. The van der Waals surface area contributed by atoms with Crippen molar-refractivity contribution in [3.63, 3.8) is 0 Å². The van der Waals surface area contributed by atoms with E-state index in [4.69, 9.17) is 5.14 Å². The van der Waals surface area contributed by atoms with Crippen LogP contribution in [-0.2, 0) is 16.6 Å². The quantitative estimate of drug-likeness (QED) is 0.712. The number of hydrogen-bond donors (Lipinski definition) is 1. The first kappa shape index (κ1) is 17.2. The van der Waals surface area contributed by atoms with Crippen LogP contribution in [0.2, 0.25) is 0 Å². The van der Waals surface area contributed by atoms with Gasteiger partial charge in [-0.25, -0.2) is 18.5 Å². The molecule has 1 aromatic heterocycles. The molecule has 0 aliphatic rings. The molecule has 0 saturated carbocycles. The second-order valence-electron chi connectivity index (χ2n) is 5.60. The van der Waals surface area contributed by atoms with Crippen LogP contribution in [0.3, 0.4) is 0 Å². The summed E-state index contributed by atoms with van der Waals surface area (Å²) in [6, 6.07) is 0. The predicted molar refractivity (Wildman–Crippen MR) is 81.1 cm³/mol. The molecule has 0 unspecified atom stereocenters. The summed E-state index contributed by atoms with van der Waals surface area (Å²) in [5, 5.41) is 5.12. The van der Waals surface area contributed by atoms with Gasteiger partial charge in [0.25, 0.3) is 10.0 Å². The zero-order chi connectivity index (χ0) is 15.2. The number of nitrogens with zero attached hydrogens (tertiary/aromatic N) is 2. The molecule has 1 aromatic rings. The minimum atomic E-state index is -3.71. The van der Waals surface area contributed by atoms with E-state index < -0.39 is 10.0 Å². The Kier molecular flexibility index (Phi) is 6.68. The van der Waals surface area contributed by atoms with Crippen molar-refractivity contribution in [3.8, 4) is 0 Å². The fourth-order valence-corrected chi connectivity index (χ4v) is 2.74. The monoisotopic (exact) mass is 301 g/mol. The second kappa shape index (κ2) is 7.78. The number of aromatic nitrogens is 2. The molecule has 1 heterocycles. The number of primary sulfonamides is 1. The Bertz CT molecular complexity index is 506. The lowest BCUT2D eigenvalue weighted by atomic mass is 10.1. The SMILES string of the molecule is CCCCCCCCn1cc(S(N)(=O)=O)nc1C(C)C. The van der Waals surface area contributed by atoms with Crippen molar-refractivity contribution >= 4 is 10.0 Å². The van der Waals surface area contributed by atoms with Crippen LogP contribution < -0.4 is 5.14 Å². The van der Waals surface area contributed by atoms with E-state index in [1.54, 1.807) is 6.20 Å². The number of hydrogen-bond acceptors (Lipinski definition) is 3. The molecule has 20 heavy (non-hydrogen) atoms. The summed E-state index contributed by atoms with van der Waals surface area (Å²) in [4.78, 5) is 4.16. The highest BCUT2D eigenvalue weighted by atomic mass is 32.2. The Morgan fingerprint density at radius 1 is 1.20 bits per heavy atom. The minimum absolute atomic E-state index is 0.0211. The molecule has 0 aliphatic carbocycles. The van der Waals surface area contributed by atoms with Gasteiger partial charge in [0.05, 0.1) is 0 Å². The lowest BCUT2D eigenvalue weighted by molar-refractivity contribution is 0.537. The fraction of sp³-hybridized carbons (Fsp3) is 0.786. The average Bonchev–Trinajstić information content (AvgIpc) is 2.77. The van der Waals surface area contributed by atoms with E-state index >= 15 is 0 Å². The van der Waals surface area contributed by atoms with E-state index in [2.05, 4.69) is 11.9 Å². The van der Waals surface area contributed by atoms with Gasteiger partial charge in [0.2, 0.25) is 0 Å². The van der Waals surface area contributed by atoms with Gasteiger partial charge in [0, 0.05) is 18.7 Å². The zero-order valence-electron chi connectivity index (χ0n) is 12.8. The predicted octanol–water partition coefficient (Wildman–Crippen LogP) is 3.01. The van der Waals surface area contributed by atoms with E-state index in [0.29, 0.717) is 0 Å². The molecule has 2 N–H and O–H groups in total. The maximum absolute atomic E-state index is 11.4. The van der Waals surface area contributed by atoms with Crippen molar-refractivity contribution in [2.24, 2.45) is 5.14 Å². The molecular weight excluding hydrogens is 274 g/mol. The van der Waals surface area contributed by atoms with Crippen LogP contribution in [0.5, 0.6) is 0 Å². The van der Waals surface area contributed by atoms with Crippen LogP contribution in [0.1, 0.15) is 71.0 Å².